The van der Waals surface area contributed by atoms with Gasteiger partial charge in [-0.15, -0.1) is 0 Å². The van der Waals surface area contributed by atoms with Crippen molar-refractivity contribution < 1.29 is 9.72 Å². The molecule has 2 N–H and O–H groups in total. The highest BCUT2D eigenvalue weighted by Crippen LogP contribution is 2.32. The predicted octanol–water partition coefficient (Wildman–Crippen LogP) is 3.40. The number of rotatable bonds is 6. The summed E-state index contributed by atoms with van der Waals surface area (Å²) in [6.45, 7) is 10.0. The summed E-state index contributed by atoms with van der Waals surface area (Å²) < 4.78 is 0. The smallest absolute Gasteiger partial charge is 0.311 e. The van der Waals surface area contributed by atoms with Gasteiger partial charge in [0.25, 0.3) is 0 Å². The van der Waals surface area contributed by atoms with E-state index in [4.69, 9.17) is 0 Å². The van der Waals surface area contributed by atoms with Gasteiger partial charge in [-0.25, -0.2) is 9.97 Å². The topological polar surface area (TPSA) is 117 Å². The van der Waals surface area contributed by atoms with Crippen LogP contribution >= 0.6 is 0 Å². The fraction of sp³-hybridized carbons (Fsp3) is 0.500. The van der Waals surface area contributed by atoms with E-state index in [-0.39, 0.29) is 28.9 Å². The van der Waals surface area contributed by atoms with Crippen molar-refractivity contribution in [2.24, 2.45) is 5.92 Å². The van der Waals surface area contributed by atoms with Crippen LogP contribution in [0.2, 0.25) is 0 Å². The number of nitrogens with zero attached hydrogens (tertiary/aromatic N) is 5. The van der Waals surface area contributed by atoms with Crippen molar-refractivity contribution in [2.75, 3.05) is 41.7 Å². The number of hydrogen-bond donors (Lipinski definition) is 2. The molecule has 0 atom stereocenters. The molecule has 1 aliphatic heterocycles. The number of anilines is 4. The minimum Gasteiger partial charge on any atom is -0.354 e. The van der Waals surface area contributed by atoms with Crippen LogP contribution in [-0.4, -0.2) is 57.4 Å². The molecule has 32 heavy (non-hydrogen) atoms. The first-order chi connectivity index (χ1) is 15.2. The third kappa shape index (κ3) is 5.13. The van der Waals surface area contributed by atoms with Crippen molar-refractivity contribution in [3.8, 4) is 0 Å². The Hall–Kier alpha value is -3.27. The third-order valence-corrected chi connectivity index (χ3v) is 5.83. The maximum atomic E-state index is 12.0. The standard InChI is InChI=1S/C22H29N7O3/c1-22(2,3)28-12-10-27(11-13-28)19-7-6-17(29(31)32)20(26-19)24-16-8-9-23-18(14-16)25-21(30)15-4-5-15/h6-9,14-15H,4-5,10-13H2,1-3H3,(H2,23,24,25,26,30). The second-order valence-electron chi connectivity index (χ2n) is 9.26. The van der Waals surface area contributed by atoms with Gasteiger partial charge in [0, 0.05) is 61.7 Å². The van der Waals surface area contributed by atoms with E-state index in [9.17, 15) is 14.9 Å². The summed E-state index contributed by atoms with van der Waals surface area (Å²) in [4.78, 5) is 36.4. The lowest BCUT2D eigenvalue weighted by atomic mass is 10.1. The average molecular weight is 440 g/mol. The largest absolute Gasteiger partial charge is 0.354 e. The van der Waals surface area contributed by atoms with Crippen LogP contribution in [0.4, 0.5) is 28.8 Å². The Kier molecular flexibility index (Phi) is 5.96. The molecular formula is C22H29N7O3. The van der Waals surface area contributed by atoms with Gasteiger partial charge in [0.15, 0.2) is 0 Å². The summed E-state index contributed by atoms with van der Waals surface area (Å²) in [5.74, 6) is 1.28. The van der Waals surface area contributed by atoms with Crippen LogP contribution in [0.3, 0.4) is 0 Å². The number of piperazine rings is 1. The average Bonchev–Trinajstić information content (AvgIpc) is 3.59. The first-order valence-electron chi connectivity index (χ1n) is 10.9. The van der Waals surface area contributed by atoms with Crippen LogP contribution in [0, 0.1) is 16.0 Å². The molecule has 10 nitrogen and oxygen atoms in total. The molecule has 0 aromatic carbocycles. The SMILES string of the molecule is CC(C)(C)N1CCN(c2ccc([N+](=O)[O-])c(Nc3ccnc(NC(=O)C4CC4)c3)n2)CC1. The zero-order valence-corrected chi connectivity index (χ0v) is 18.7. The second kappa shape index (κ2) is 8.70. The fourth-order valence-electron chi connectivity index (χ4n) is 3.75. The highest BCUT2D eigenvalue weighted by Gasteiger charge is 2.30. The van der Waals surface area contributed by atoms with E-state index in [2.05, 4.69) is 51.2 Å². The molecule has 0 radical (unpaired) electrons. The van der Waals surface area contributed by atoms with E-state index in [1.54, 1.807) is 24.4 Å². The van der Waals surface area contributed by atoms with Crippen molar-refractivity contribution in [2.45, 2.75) is 39.2 Å². The lowest BCUT2D eigenvalue weighted by molar-refractivity contribution is -0.384. The molecule has 1 aliphatic carbocycles. The van der Waals surface area contributed by atoms with Crippen molar-refractivity contribution in [3.63, 3.8) is 0 Å². The minimum atomic E-state index is -0.451. The van der Waals surface area contributed by atoms with Gasteiger partial charge in [0.05, 0.1) is 4.92 Å². The molecular weight excluding hydrogens is 410 g/mol. The quantitative estimate of drug-likeness (QED) is 0.520. The minimum absolute atomic E-state index is 0.0462. The number of hydrogen-bond acceptors (Lipinski definition) is 8. The lowest BCUT2D eigenvalue weighted by Gasteiger charge is -2.42. The highest BCUT2D eigenvalue weighted by molar-refractivity contribution is 5.93. The van der Waals surface area contributed by atoms with Crippen molar-refractivity contribution in [1.82, 2.24) is 14.9 Å². The summed E-state index contributed by atoms with van der Waals surface area (Å²) in [5, 5.41) is 17.4. The van der Waals surface area contributed by atoms with Crippen LogP contribution < -0.4 is 15.5 Å². The number of carbonyl (C=O) groups is 1. The van der Waals surface area contributed by atoms with Crippen LogP contribution in [-0.2, 0) is 4.79 Å². The van der Waals surface area contributed by atoms with Gasteiger partial charge in [-0.05, 0) is 45.7 Å². The van der Waals surface area contributed by atoms with Crippen molar-refractivity contribution in [3.05, 3.63) is 40.6 Å². The van der Waals surface area contributed by atoms with E-state index in [0.29, 0.717) is 17.3 Å². The molecule has 0 unspecified atom stereocenters. The summed E-state index contributed by atoms with van der Waals surface area (Å²) in [6, 6.07) is 6.52. The molecule has 1 amide bonds. The van der Waals surface area contributed by atoms with E-state index >= 15 is 0 Å². The van der Waals surface area contributed by atoms with Gasteiger partial charge in [-0.2, -0.15) is 0 Å². The van der Waals surface area contributed by atoms with Gasteiger partial charge in [0.1, 0.15) is 11.6 Å². The molecule has 3 heterocycles. The Balaban J connectivity index is 1.52. The van der Waals surface area contributed by atoms with Gasteiger partial charge >= 0.3 is 5.69 Å². The summed E-state index contributed by atoms with van der Waals surface area (Å²) in [7, 11) is 0. The number of amides is 1. The molecule has 1 saturated heterocycles. The Labute approximate surface area is 187 Å². The Morgan fingerprint density at radius 3 is 2.50 bits per heavy atom. The van der Waals surface area contributed by atoms with Gasteiger partial charge in [-0.3, -0.25) is 19.8 Å². The summed E-state index contributed by atoms with van der Waals surface area (Å²) in [5.41, 5.74) is 0.564. The molecule has 2 aliphatic rings. The fourth-order valence-corrected chi connectivity index (χ4v) is 3.75. The number of aromatic nitrogens is 2. The number of carbonyl (C=O) groups excluding carboxylic acids is 1. The first kappa shape index (κ1) is 21.9. The van der Waals surface area contributed by atoms with Crippen LogP contribution in [0.15, 0.2) is 30.5 Å². The number of pyridine rings is 2. The molecule has 2 fully saturated rings. The van der Waals surface area contributed by atoms with Crippen LogP contribution in [0.1, 0.15) is 33.6 Å². The van der Waals surface area contributed by atoms with Crippen LogP contribution in [0.5, 0.6) is 0 Å². The van der Waals surface area contributed by atoms with E-state index in [1.165, 1.54) is 6.07 Å². The van der Waals surface area contributed by atoms with Gasteiger partial charge in [-0.1, -0.05) is 0 Å². The molecule has 0 bridgehead atoms. The summed E-state index contributed by atoms with van der Waals surface area (Å²) in [6.07, 6.45) is 3.35. The Morgan fingerprint density at radius 1 is 1.16 bits per heavy atom. The normalized spacial score (nSPS) is 17.2. The Bertz CT molecular complexity index is 1010. The van der Waals surface area contributed by atoms with E-state index in [1.807, 2.05) is 0 Å². The van der Waals surface area contributed by atoms with Crippen LogP contribution in [0.25, 0.3) is 0 Å². The molecule has 170 valence electrons. The van der Waals surface area contributed by atoms with Crippen molar-refractivity contribution >= 4 is 34.7 Å². The summed E-state index contributed by atoms with van der Waals surface area (Å²) >= 11 is 0. The highest BCUT2D eigenvalue weighted by atomic mass is 16.6. The first-order valence-corrected chi connectivity index (χ1v) is 10.9. The second-order valence-corrected chi connectivity index (χ2v) is 9.26. The zero-order valence-electron chi connectivity index (χ0n) is 18.7. The predicted molar refractivity (Wildman–Crippen MR) is 123 cm³/mol. The molecule has 10 heteroatoms. The monoisotopic (exact) mass is 439 g/mol. The van der Waals surface area contributed by atoms with E-state index in [0.717, 1.165) is 39.0 Å². The molecule has 2 aromatic rings. The molecule has 4 rings (SSSR count). The Morgan fingerprint density at radius 2 is 1.88 bits per heavy atom. The van der Waals surface area contributed by atoms with Gasteiger partial charge < -0.3 is 15.5 Å². The molecule has 2 aromatic heterocycles. The van der Waals surface area contributed by atoms with Crippen molar-refractivity contribution in [1.29, 1.82) is 0 Å². The zero-order chi connectivity index (χ0) is 22.9. The number of nitrogens with one attached hydrogen (secondary N) is 2. The maximum Gasteiger partial charge on any atom is 0.311 e. The van der Waals surface area contributed by atoms with E-state index < -0.39 is 4.92 Å². The van der Waals surface area contributed by atoms with Gasteiger partial charge in [0.2, 0.25) is 11.7 Å². The number of nitro groups is 1. The lowest BCUT2D eigenvalue weighted by Crippen LogP contribution is -2.53. The third-order valence-electron chi connectivity index (χ3n) is 5.83. The molecule has 1 saturated carbocycles. The maximum absolute atomic E-state index is 12.0. The molecule has 0 spiro atoms.